The highest BCUT2D eigenvalue weighted by Gasteiger charge is 2.34. The molecule has 5 N–H and O–H groups in total. The number of alkyl halides is 3. The largest absolute Gasteiger partial charge is 0.416 e. The number of sulfone groups is 1. The van der Waals surface area contributed by atoms with Gasteiger partial charge >= 0.3 is 6.18 Å². The van der Waals surface area contributed by atoms with Crippen molar-refractivity contribution in [2.45, 2.75) is 18.0 Å². The highest BCUT2D eigenvalue weighted by Crippen LogP contribution is 2.39. The summed E-state index contributed by atoms with van der Waals surface area (Å²) in [7, 11) is -4.01. The zero-order valence-electron chi connectivity index (χ0n) is 13.4. The van der Waals surface area contributed by atoms with Gasteiger partial charge in [-0.15, -0.1) is 0 Å². The minimum atomic E-state index is -4.71. The van der Waals surface area contributed by atoms with Crippen molar-refractivity contribution in [1.29, 1.82) is 0 Å². The van der Waals surface area contributed by atoms with Crippen LogP contribution in [0.15, 0.2) is 22.2 Å². The average molecular weight is 446 g/mol. The lowest BCUT2D eigenvalue weighted by molar-refractivity contribution is -0.137. The van der Waals surface area contributed by atoms with E-state index in [2.05, 4.69) is 10.3 Å². The van der Waals surface area contributed by atoms with Crippen molar-refractivity contribution in [2.24, 2.45) is 10.9 Å². The van der Waals surface area contributed by atoms with Crippen molar-refractivity contribution >= 4 is 44.7 Å². The van der Waals surface area contributed by atoms with Gasteiger partial charge in [-0.2, -0.15) is 18.3 Å². The van der Waals surface area contributed by atoms with E-state index in [0.717, 1.165) is 4.68 Å². The molecule has 0 spiro atoms. The Bertz CT molecular complexity index is 1010. The number of oxime groups is 1. The molecule has 0 aliphatic heterocycles. The Morgan fingerprint density at radius 1 is 1.33 bits per heavy atom. The predicted molar refractivity (Wildman–Crippen MR) is 93.2 cm³/mol. The summed E-state index contributed by atoms with van der Waals surface area (Å²) in [5.74, 6) is -1.59. The van der Waals surface area contributed by atoms with Crippen molar-refractivity contribution < 1.29 is 26.8 Å². The fourth-order valence-corrected chi connectivity index (χ4v) is 3.97. The lowest BCUT2D eigenvalue weighted by atomic mass is 10.2. The molecule has 0 unspecified atom stereocenters. The summed E-state index contributed by atoms with van der Waals surface area (Å²) in [4.78, 5) is -0.563. The van der Waals surface area contributed by atoms with Gasteiger partial charge in [0, 0.05) is 0 Å². The molecular formula is C13H12Cl2F3N5O3S. The minimum absolute atomic E-state index is 0.298. The molecule has 0 aliphatic rings. The summed E-state index contributed by atoms with van der Waals surface area (Å²) < 4.78 is 64.0. The molecule has 8 nitrogen and oxygen atoms in total. The molecule has 0 aliphatic carbocycles. The van der Waals surface area contributed by atoms with Crippen LogP contribution in [0.25, 0.3) is 5.69 Å². The van der Waals surface area contributed by atoms with Gasteiger partial charge in [0.05, 0.1) is 21.4 Å². The van der Waals surface area contributed by atoms with Crippen molar-refractivity contribution in [3.8, 4) is 5.69 Å². The van der Waals surface area contributed by atoms with Crippen LogP contribution in [0.2, 0.25) is 10.0 Å². The lowest BCUT2D eigenvalue weighted by Gasteiger charge is -2.13. The Labute approximate surface area is 161 Å². The highest BCUT2D eigenvalue weighted by molar-refractivity contribution is 7.91. The maximum atomic E-state index is 12.9. The Morgan fingerprint density at radius 3 is 2.26 bits per heavy atom. The first-order chi connectivity index (χ1) is 12.3. The number of amidine groups is 1. The molecule has 0 bridgehead atoms. The van der Waals surface area contributed by atoms with Crippen molar-refractivity contribution in [1.82, 2.24) is 9.78 Å². The molecule has 14 heteroatoms. The first kappa shape index (κ1) is 21.1. The molecule has 0 fully saturated rings. The van der Waals surface area contributed by atoms with Crippen LogP contribution in [0.3, 0.4) is 0 Å². The number of halogens is 5. The van der Waals surface area contributed by atoms with Gasteiger partial charge in [-0.1, -0.05) is 35.3 Å². The minimum Gasteiger partial charge on any atom is -0.409 e. The number of rotatable bonds is 4. The second-order valence-corrected chi connectivity index (χ2v) is 8.18. The van der Waals surface area contributed by atoms with Crippen LogP contribution in [0.5, 0.6) is 0 Å². The van der Waals surface area contributed by atoms with E-state index < -0.39 is 59.6 Å². The number of hydrogen-bond donors (Lipinski definition) is 3. The smallest absolute Gasteiger partial charge is 0.409 e. The van der Waals surface area contributed by atoms with Crippen LogP contribution in [0.4, 0.5) is 19.0 Å². The number of nitrogens with zero attached hydrogens (tertiary/aromatic N) is 3. The number of nitrogen functional groups attached to an aromatic ring is 1. The summed E-state index contributed by atoms with van der Waals surface area (Å²) in [6, 6.07) is 1.17. The molecule has 2 aromatic rings. The average Bonchev–Trinajstić information content (AvgIpc) is 2.90. The maximum absolute atomic E-state index is 12.9. The molecular weight excluding hydrogens is 434 g/mol. The molecule has 2 rings (SSSR count). The van der Waals surface area contributed by atoms with Crippen LogP contribution in [0.1, 0.15) is 18.2 Å². The number of benzene rings is 1. The van der Waals surface area contributed by atoms with Crippen LogP contribution in [0, 0.1) is 0 Å². The number of nitrogens with two attached hydrogens (primary N) is 2. The van der Waals surface area contributed by atoms with Crippen LogP contribution < -0.4 is 11.5 Å². The number of hydrogen-bond acceptors (Lipinski definition) is 6. The van der Waals surface area contributed by atoms with Gasteiger partial charge in [-0.25, -0.2) is 13.1 Å². The summed E-state index contributed by atoms with van der Waals surface area (Å²) >= 11 is 11.8. The molecule has 0 saturated heterocycles. The van der Waals surface area contributed by atoms with Gasteiger partial charge in [0.2, 0.25) is 0 Å². The Hall–Kier alpha value is -2.18. The molecule has 1 heterocycles. The van der Waals surface area contributed by atoms with Gasteiger partial charge in [0.15, 0.2) is 21.4 Å². The SMILES string of the molecule is CCS(=O)(=O)c1c(/C(N)=N\O)nn(-c2c(Cl)cc(C(F)(F)F)cc2Cl)c1N. The van der Waals surface area contributed by atoms with Crippen molar-refractivity contribution in [2.75, 3.05) is 11.5 Å². The zero-order chi connectivity index (χ0) is 20.7. The van der Waals surface area contributed by atoms with E-state index in [0.29, 0.717) is 12.1 Å². The van der Waals surface area contributed by atoms with Crippen LogP contribution in [-0.2, 0) is 16.0 Å². The Morgan fingerprint density at radius 2 is 1.85 bits per heavy atom. The highest BCUT2D eigenvalue weighted by atomic mass is 35.5. The third-order valence-electron chi connectivity index (χ3n) is 3.47. The van der Waals surface area contributed by atoms with Gasteiger partial charge in [0.25, 0.3) is 0 Å². The van der Waals surface area contributed by atoms with Crippen molar-refractivity contribution in [3.63, 3.8) is 0 Å². The topological polar surface area (TPSA) is 137 Å². The monoisotopic (exact) mass is 445 g/mol. The second-order valence-electron chi connectivity index (χ2n) is 5.15. The van der Waals surface area contributed by atoms with Gasteiger partial charge < -0.3 is 16.7 Å². The summed E-state index contributed by atoms with van der Waals surface area (Å²) in [6.45, 7) is 1.32. The number of anilines is 1. The maximum Gasteiger partial charge on any atom is 0.416 e. The predicted octanol–water partition coefficient (Wildman–Crippen LogP) is 2.67. The first-order valence-corrected chi connectivity index (χ1v) is 9.41. The van der Waals surface area contributed by atoms with Crippen LogP contribution >= 0.6 is 23.2 Å². The Balaban J connectivity index is 2.86. The molecule has 1 aromatic heterocycles. The molecule has 148 valence electrons. The molecule has 27 heavy (non-hydrogen) atoms. The van der Waals surface area contributed by atoms with Gasteiger partial charge in [-0.3, -0.25) is 0 Å². The first-order valence-electron chi connectivity index (χ1n) is 7.00. The zero-order valence-corrected chi connectivity index (χ0v) is 15.7. The summed E-state index contributed by atoms with van der Waals surface area (Å²) in [6.07, 6.45) is -4.71. The van der Waals surface area contributed by atoms with E-state index in [9.17, 15) is 21.6 Å². The third-order valence-corrected chi connectivity index (χ3v) is 5.83. The molecule has 0 radical (unpaired) electrons. The van der Waals surface area contributed by atoms with Crippen molar-refractivity contribution in [3.05, 3.63) is 33.4 Å². The van der Waals surface area contributed by atoms with Crippen LogP contribution in [-0.4, -0.2) is 35.0 Å². The van der Waals surface area contributed by atoms with E-state index in [4.69, 9.17) is 39.9 Å². The van der Waals surface area contributed by atoms with Gasteiger partial charge in [0.1, 0.15) is 16.4 Å². The fraction of sp³-hybridized carbons (Fsp3) is 0.231. The quantitative estimate of drug-likeness (QED) is 0.286. The van der Waals surface area contributed by atoms with E-state index in [1.165, 1.54) is 6.92 Å². The molecule has 0 atom stereocenters. The van der Waals surface area contributed by atoms with E-state index in [1.54, 1.807) is 0 Å². The molecule has 1 aromatic carbocycles. The van der Waals surface area contributed by atoms with Gasteiger partial charge in [-0.05, 0) is 12.1 Å². The summed E-state index contributed by atoms with van der Waals surface area (Å²) in [5.41, 5.74) is 9.38. The summed E-state index contributed by atoms with van der Waals surface area (Å²) in [5, 5.41) is 14.4. The standard InChI is InChI=1S/C13H12Cl2F3N5O3S/c1-2-27(25,26)10-8(11(19)22-24)21-23(12(10)20)9-6(14)3-5(4-7(9)15)13(16,17)18/h3-4,24H,2,20H2,1H3,(H2,19,22). The number of aromatic nitrogens is 2. The Kier molecular flexibility index (Phi) is 5.55. The second kappa shape index (κ2) is 7.09. The molecule has 0 amide bonds. The van der Waals surface area contributed by atoms with E-state index in [1.807, 2.05) is 0 Å². The normalized spacial score (nSPS) is 13.2. The van der Waals surface area contributed by atoms with E-state index in [-0.39, 0.29) is 5.69 Å². The van der Waals surface area contributed by atoms with E-state index >= 15 is 0 Å². The molecule has 0 saturated carbocycles. The fourth-order valence-electron chi connectivity index (χ4n) is 2.18. The third kappa shape index (κ3) is 3.77. The lowest BCUT2D eigenvalue weighted by Crippen LogP contribution is -2.18.